The monoisotopic (exact) mass is 252 g/mol. The Kier molecular flexibility index (Phi) is 3.85. The molecular formula is C14H24N2O2. The molecule has 2 aliphatic heterocycles. The number of piperidine rings is 1. The lowest BCUT2D eigenvalue weighted by molar-refractivity contribution is -0.142. The molecule has 3 aliphatic rings. The van der Waals surface area contributed by atoms with Crippen molar-refractivity contribution in [1.29, 1.82) is 0 Å². The van der Waals surface area contributed by atoms with Crippen LogP contribution in [0.4, 0.5) is 0 Å². The van der Waals surface area contributed by atoms with Gasteiger partial charge in [-0.3, -0.25) is 4.79 Å². The second kappa shape index (κ2) is 5.57. The summed E-state index contributed by atoms with van der Waals surface area (Å²) in [7, 11) is 0. The van der Waals surface area contributed by atoms with E-state index in [0.717, 1.165) is 32.5 Å². The standard InChI is InChI=1S/C14H24N2O2/c17-14(13-5-3-9-18-13)16(12-6-7-12)10-11-4-1-2-8-15-11/h11-13,15H,1-10H2. The van der Waals surface area contributed by atoms with E-state index in [0.29, 0.717) is 12.1 Å². The molecule has 102 valence electrons. The molecule has 3 rings (SSSR count). The molecule has 18 heavy (non-hydrogen) atoms. The molecule has 0 bridgehead atoms. The Morgan fingerprint density at radius 1 is 1.17 bits per heavy atom. The number of nitrogens with one attached hydrogen (secondary N) is 1. The lowest BCUT2D eigenvalue weighted by Crippen LogP contribution is -2.49. The number of hydrogen-bond donors (Lipinski definition) is 1. The average molecular weight is 252 g/mol. The normalized spacial score (nSPS) is 32.4. The summed E-state index contributed by atoms with van der Waals surface area (Å²) in [5.74, 6) is 0.252. The van der Waals surface area contributed by atoms with Crippen LogP contribution in [0.25, 0.3) is 0 Å². The summed E-state index contributed by atoms with van der Waals surface area (Å²) in [6.07, 6.45) is 7.97. The van der Waals surface area contributed by atoms with Crippen LogP contribution >= 0.6 is 0 Å². The summed E-state index contributed by atoms with van der Waals surface area (Å²) in [6.45, 7) is 2.76. The summed E-state index contributed by atoms with van der Waals surface area (Å²) in [6, 6.07) is 1.01. The molecule has 3 fully saturated rings. The molecule has 0 radical (unpaired) electrons. The van der Waals surface area contributed by atoms with Crippen LogP contribution in [0, 0.1) is 0 Å². The van der Waals surface area contributed by atoms with Crippen LogP contribution in [0.15, 0.2) is 0 Å². The molecule has 1 aliphatic carbocycles. The van der Waals surface area contributed by atoms with Crippen molar-refractivity contribution in [2.75, 3.05) is 19.7 Å². The highest BCUT2D eigenvalue weighted by atomic mass is 16.5. The van der Waals surface area contributed by atoms with Gasteiger partial charge in [0.2, 0.25) is 0 Å². The van der Waals surface area contributed by atoms with Gasteiger partial charge < -0.3 is 15.0 Å². The number of carbonyl (C=O) groups excluding carboxylic acids is 1. The topological polar surface area (TPSA) is 41.6 Å². The molecule has 4 heteroatoms. The van der Waals surface area contributed by atoms with Gasteiger partial charge in [-0.05, 0) is 45.1 Å². The molecule has 0 aromatic heterocycles. The quantitative estimate of drug-likeness (QED) is 0.820. The Morgan fingerprint density at radius 2 is 2.06 bits per heavy atom. The van der Waals surface area contributed by atoms with Crippen molar-refractivity contribution in [3.05, 3.63) is 0 Å². The Bertz CT molecular complexity index is 292. The third-order valence-corrected chi connectivity index (χ3v) is 4.31. The van der Waals surface area contributed by atoms with Gasteiger partial charge in [0.15, 0.2) is 0 Å². The first-order valence-electron chi connectivity index (χ1n) is 7.50. The number of amides is 1. The molecule has 0 aromatic rings. The zero-order valence-electron chi connectivity index (χ0n) is 11.1. The molecule has 1 saturated carbocycles. The first-order chi connectivity index (χ1) is 8.84. The maximum Gasteiger partial charge on any atom is 0.252 e. The summed E-state index contributed by atoms with van der Waals surface area (Å²) < 4.78 is 5.55. The van der Waals surface area contributed by atoms with Gasteiger partial charge in [0, 0.05) is 25.2 Å². The van der Waals surface area contributed by atoms with Gasteiger partial charge in [0.1, 0.15) is 6.10 Å². The minimum absolute atomic E-state index is 0.144. The highest BCUT2D eigenvalue weighted by Crippen LogP contribution is 2.29. The molecule has 2 unspecified atom stereocenters. The van der Waals surface area contributed by atoms with E-state index in [4.69, 9.17) is 4.74 Å². The summed E-state index contributed by atoms with van der Waals surface area (Å²) >= 11 is 0. The van der Waals surface area contributed by atoms with Crippen molar-refractivity contribution in [1.82, 2.24) is 10.2 Å². The number of carbonyl (C=O) groups is 1. The Balaban J connectivity index is 1.58. The van der Waals surface area contributed by atoms with Crippen molar-refractivity contribution < 1.29 is 9.53 Å². The van der Waals surface area contributed by atoms with Crippen molar-refractivity contribution in [2.24, 2.45) is 0 Å². The highest BCUT2D eigenvalue weighted by Gasteiger charge is 2.38. The van der Waals surface area contributed by atoms with Crippen LogP contribution in [0.2, 0.25) is 0 Å². The minimum Gasteiger partial charge on any atom is -0.368 e. The first kappa shape index (κ1) is 12.4. The van der Waals surface area contributed by atoms with Gasteiger partial charge in [0.05, 0.1) is 0 Å². The summed E-state index contributed by atoms with van der Waals surface area (Å²) in [5, 5.41) is 3.54. The Labute approximate surface area is 109 Å². The summed E-state index contributed by atoms with van der Waals surface area (Å²) in [5.41, 5.74) is 0. The molecule has 2 heterocycles. The largest absolute Gasteiger partial charge is 0.368 e. The van der Waals surface area contributed by atoms with Crippen molar-refractivity contribution in [3.8, 4) is 0 Å². The van der Waals surface area contributed by atoms with E-state index in [-0.39, 0.29) is 12.0 Å². The van der Waals surface area contributed by atoms with Crippen LogP contribution in [-0.4, -0.2) is 48.7 Å². The van der Waals surface area contributed by atoms with Crippen molar-refractivity contribution in [3.63, 3.8) is 0 Å². The molecule has 4 nitrogen and oxygen atoms in total. The number of ether oxygens (including phenoxy) is 1. The molecule has 0 aromatic carbocycles. The number of hydrogen-bond acceptors (Lipinski definition) is 3. The zero-order chi connectivity index (χ0) is 12.4. The van der Waals surface area contributed by atoms with Crippen LogP contribution in [0.1, 0.15) is 44.9 Å². The van der Waals surface area contributed by atoms with Crippen LogP contribution < -0.4 is 5.32 Å². The van der Waals surface area contributed by atoms with E-state index in [2.05, 4.69) is 10.2 Å². The van der Waals surface area contributed by atoms with Gasteiger partial charge in [0.25, 0.3) is 5.91 Å². The van der Waals surface area contributed by atoms with Gasteiger partial charge in [-0.15, -0.1) is 0 Å². The zero-order valence-corrected chi connectivity index (χ0v) is 11.1. The van der Waals surface area contributed by atoms with E-state index in [1.807, 2.05) is 0 Å². The maximum atomic E-state index is 12.5. The van der Waals surface area contributed by atoms with E-state index >= 15 is 0 Å². The maximum absolute atomic E-state index is 12.5. The van der Waals surface area contributed by atoms with E-state index in [1.54, 1.807) is 0 Å². The van der Waals surface area contributed by atoms with Crippen LogP contribution in [0.3, 0.4) is 0 Å². The molecule has 1 N–H and O–H groups in total. The number of rotatable bonds is 4. The molecule has 2 atom stereocenters. The van der Waals surface area contributed by atoms with Gasteiger partial charge in [-0.25, -0.2) is 0 Å². The van der Waals surface area contributed by atoms with Gasteiger partial charge in [-0.2, -0.15) is 0 Å². The van der Waals surface area contributed by atoms with Gasteiger partial charge >= 0.3 is 0 Å². The smallest absolute Gasteiger partial charge is 0.252 e. The first-order valence-corrected chi connectivity index (χ1v) is 7.50. The van der Waals surface area contributed by atoms with Crippen LogP contribution in [-0.2, 0) is 9.53 Å². The molecular weight excluding hydrogens is 228 g/mol. The second-order valence-electron chi connectivity index (χ2n) is 5.87. The lowest BCUT2D eigenvalue weighted by atomic mass is 10.0. The fourth-order valence-electron chi connectivity index (χ4n) is 3.08. The Hall–Kier alpha value is -0.610. The second-order valence-corrected chi connectivity index (χ2v) is 5.87. The predicted octanol–water partition coefficient (Wildman–Crippen LogP) is 1.30. The fourth-order valence-corrected chi connectivity index (χ4v) is 3.08. The van der Waals surface area contributed by atoms with E-state index in [9.17, 15) is 4.79 Å². The average Bonchev–Trinajstić information content (AvgIpc) is 3.10. The SMILES string of the molecule is O=C(C1CCCO1)N(CC1CCCCN1)C1CC1. The third kappa shape index (κ3) is 2.86. The molecule has 1 amide bonds. The van der Waals surface area contributed by atoms with Crippen molar-refractivity contribution >= 4 is 5.91 Å². The fraction of sp³-hybridized carbons (Fsp3) is 0.929. The predicted molar refractivity (Wildman–Crippen MR) is 69.4 cm³/mol. The molecule has 2 saturated heterocycles. The highest BCUT2D eigenvalue weighted by molar-refractivity contribution is 5.81. The Morgan fingerprint density at radius 3 is 2.67 bits per heavy atom. The molecule has 0 spiro atoms. The van der Waals surface area contributed by atoms with Crippen LogP contribution in [0.5, 0.6) is 0 Å². The third-order valence-electron chi connectivity index (χ3n) is 4.31. The number of nitrogens with zero attached hydrogens (tertiary/aromatic N) is 1. The van der Waals surface area contributed by atoms with E-state index < -0.39 is 0 Å². The summed E-state index contributed by atoms with van der Waals surface area (Å²) in [4.78, 5) is 14.6. The van der Waals surface area contributed by atoms with Gasteiger partial charge in [-0.1, -0.05) is 6.42 Å². The van der Waals surface area contributed by atoms with E-state index in [1.165, 1.54) is 32.1 Å². The van der Waals surface area contributed by atoms with Crippen molar-refractivity contribution in [2.45, 2.75) is 63.1 Å². The lowest BCUT2D eigenvalue weighted by Gasteiger charge is -2.32. The minimum atomic E-state index is -0.144.